The summed E-state index contributed by atoms with van der Waals surface area (Å²) in [6.07, 6.45) is 1.37. The van der Waals surface area contributed by atoms with Crippen molar-refractivity contribution >= 4 is 24.5 Å². The Morgan fingerprint density at radius 1 is 1.67 bits per heavy atom. The zero-order chi connectivity index (χ0) is 7.70. The predicted molar refractivity (Wildman–Crippen MR) is 35.8 cm³/mol. The zero-order valence-electron chi connectivity index (χ0n) is 5.16. The van der Waals surface area contributed by atoms with Gasteiger partial charge in [0.25, 0.3) is 0 Å². The van der Waals surface area contributed by atoms with Gasteiger partial charge in [-0.1, -0.05) is 6.92 Å². The molecule has 0 fully saturated rings. The van der Waals surface area contributed by atoms with Crippen LogP contribution in [0.3, 0.4) is 0 Å². The molecule has 0 radical (unpaired) electrons. The molecule has 0 atom stereocenters. The predicted octanol–water partition coefficient (Wildman–Crippen LogP) is 1.65. The number of primary amides is 1. The van der Waals surface area contributed by atoms with E-state index in [0.29, 0.717) is 6.42 Å². The van der Waals surface area contributed by atoms with E-state index in [1.165, 1.54) is 0 Å². The molecule has 0 bridgehead atoms. The van der Waals surface area contributed by atoms with E-state index in [9.17, 15) is 4.79 Å². The molecule has 0 aliphatic carbocycles. The zero-order valence-corrected chi connectivity index (χ0v) is 8.23. The Labute approximate surface area is 71.8 Å². The van der Waals surface area contributed by atoms with Crippen molar-refractivity contribution in [2.45, 2.75) is 19.8 Å². The molecule has 0 saturated heterocycles. The molecule has 2 nitrogen and oxygen atoms in total. The molecule has 0 aromatic carbocycles. The van der Waals surface area contributed by atoms with Crippen molar-refractivity contribution in [3.8, 4) is 0 Å². The maximum atomic E-state index is 9.82. The van der Waals surface area contributed by atoms with E-state index in [1.54, 1.807) is 0 Å². The standard InChI is InChI=1S/C4H9NO.2ClH.Ti/c1-2-3-4(5)6;;;/h2-3H2,1H3,(H2,5,6);2*1H;/q;;;+2/p-2. The number of hydrogen-bond donors (Lipinski definition) is 1. The summed E-state index contributed by atoms with van der Waals surface area (Å²) in [5.74, 6) is -0.211. The number of hydrogen-bond acceptors (Lipinski definition) is 1. The van der Waals surface area contributed by atoms with Crippen molar-refractivity contribution in [1.82, 2.24) is 0 Å². The molecule has 1 amide bonds. The van der Waals surface area contributed by atoms with Gasteiger partial charge in [-0.05, 0) is 6.42 Å². The van der Waals surface area contributed by atoms with Gasteiger partial charge in [-0.25, -0.2) is 0 Å². The quantitative estimate of drug-likeness (QED) is 0.685. The van der Waals surface area contributed by atoms with Gasteiger partial charge in [0.2, 0.25) is 5.91 Å². The summed E-state index contributed by atoms with van der Waals surface area (Å²) in [5.41, 5.74) is 4.76. The second-order valence-corrected chi connectivity index (χ2v) is 3.87. The molecule has 0 aliphatic rings. The first-order chi connectivity index (χ1) is 4.18. The molecule has 0 unspecified atom stereocenters. The van der Waals surface area contributed by atoms with Crippen molar-refractivity contribution in [2.75, 3.05) is 0 Å². The van der Waals surface area contributed by atoms with Crippen LogP contribution in [0.25, 0.3) is 0 Å². The first-order valence-corrected chi connectivity index (χ1v) is 6.73. The molecular formula is C4H9Cl2NOTi. The Hall–Kier alpha value is 0.764. The molecular weight excluding hydrogens is 197 g/mol. The van der Waals surface area contributed by atoms with Crippen LogP contribution in [0, 0.1) is 0 Å². The van der Waals surface area contributed by atoms with Gasteiger partial charge < -0.3 is 5.73 Å². The summed E-state index contributed by atoms with van der Waals surface area (Å²) in [6.45, 7) is 1.92. The fourth-order valence-corrected chi connectivity index (χ4v) is 0.246. The summed E-state index contributed by atoms with van der Waals surface area (Å²) in [7, 11) is 9.78. The SMILES string of the molecule is CCCC(N)=O.[Cl][Ti][Cl]. The van der Waals surface area contributed by atoms with Crippen LogP contribution in [0.5, 0.6) is 0 Å². The van der Waals surface area contributed by atoms with E-state index in [1.807, 2.05) is 6.92 Å². The normalized spacial score (nSPS) is 7.00. The third-order valence-corrected chi connectivity index (χ3v) is 0.496. The van der Waals surface area contributed by atoms with Crippen molar-refractivity contribution < 1.29 is 21.8 Å². The van der Waals surface area contributed by atoms with E-state index in [-0.39, 0.29) is 5.91 Å². The van der Waals surface area contributed by atoms with Crippen LogP contribution in [-0.4, -0.2) is 5.91 Å². The number of carbonyl (C=O) groups is 1. The maximum absolute atomic E-state index is 9.82. The average molecular weight is 206 g/mol. The minimum atomic E-state index is -0.556. The summed E-state index contributed by atoms with van der Waals surface area (Å²) in [5, 5.41) is 0. The minimum absolute atomic E-state index is 0.211. The van der Waals surface area contributed by atoms with Gasteiger partial charge in [-0.15, -0.1) is 0 Å². The monoisotopic (exact) mass is 205 g/mol. The Bertz CT molecular complexity index is 71.6. The fourth-order valence-electron chi connectivity index (χ4n) is 0.246. The molecule has 54 valence electrons. The first kappa shape index (κ1) is 12.4. The van der Waals surface area contributed by atoms with Crippen LogP contribution in [0.4, 0.5) is 0 Å². The molecule has 5 heteroatoms. The van der Waals surface area contributed by atoms with Crippen LogP contribution in [0.1, 0.15) is 19.8 Å². The summed E-state index contributed by atoms with van der Waals surface area (Å²) in [4.78, 5) is 9.82. The average Bonchev–Trinajstić information content (AvgIpc) is 1.67. The second-order valence-electron chi connectivity index (χ2n) is 1.29. The molecule has 0 rings (SSSR count). The summed E-state index contributed by atoms with van der Waals surface area (Å²) < 4.78 is 0. The van der Waals surface area contributed by atoms with Crippen molar-refractivity contribution in [3.63, 3.8) is 0 Å². The number of halogens is 2. The molecule has 0 saturated carbocycles. The number of nitrogens with two attached hydrogens (primary N) is 1. The van der Waals surface area contributed by atoms with E-state index >= 15 is 0 Å². The molecule has 0 aromatic heterocycles. The van der Waals surface area contributed by atoms with Crippen LogP contribution >= 0.6 is 18.6 Å². The van der Waals surface area contributed by atoms with Gasteiger partial charge in [0.15, 0.2) is 0 Å². The number of amides is 1. The van der Waals surface area contributed by atoms with Gasteiger partial charge in [0.1, 0.15) is 0 Å². The van der Waals surface area contributed by atoms with Crippen molar-refractivity contribution in [3.05, 3.63) is 0 Å². The Morgan fingerprint density at radius 2 is 2.00 bits per heavy atom. The van der Waals surface area contributed by atoms with Gasteiger partial charge in [-0.3, -0.25) is 4.79 Å². The topological polar surface area (TPSA) is 43.1 Å². The fraction of sp³-hybridized carbons (Fsp3) is 0.750. The van der Waals surface area contributed by atoms with Gasteiger partial charge in [-0.2, -0.15) is 0 Å². The van der Waals surface area contributed by atoms with E-state index in [2.05, 4.69) is 0 Å². The third kappa shape index (κ3) is 28.3. The van der Waals surface area contributed by atoms with Gasteiger partial charge in [0, 0.05) is 6.42 Å². The second kappa shape index (κ2) is 11.5. The summed E-state index contributed by atoms with van der Waals surface area (Å²) in [6, 6.07) is 0. The summed E-state index contributed by atoms with van der Waals surface area (Å²) >= 11 is -0.556. The molecule has 9 heavy (non-hydrogen) atoms. The van der Waals surface area contributed by atoms with Crippen molar-refractivity contribution in [1.29, 1.82) is 0 Å². The Morgan fingerprint density at radius 3 is 2.00 bits per heavy atom. The van der Waals surface area contributed by atoms with Crippen LogP contribution in [0.2, 0.25) is 0 Å². The number of rotatable bonds is 2. The molecule has 0 heterocycles. The third-order valence-electron chi connectivity index (χ3n) is 0.496. The molecule has 0 aromatic rings. The molecule has 0 spiro atoms. The Kier molecular flexibility index (Phi) is 16.0. The van der Waals surface area contributed by atoms with Crippen LogP contribution in [-0.2, 0) is 21.8 Å². The van der Waals surface area contributed by atoms with Gasteiger partial charge >= 0.3 is 35.6 Å². The van der Waals surface area contributed by atoms with Crippen molar-refractivity contribution in [2.24, 2.45) is 5.73 Å². The Balaban J connectivity index is 0. The van der Waals surface area contributed by atoms with E-state index < -0.39 is 17.0 Å². The first-order valence-electron chi connectivity index (χ1n) is 2.43. The van der Waals surface area contributed by atoms with Crippen LogP contribution < -0.4 is 5.73 Å². The molecule has 2 N–H and O–H groups in total. The molecule has 0 aliphatic heterocycles. The van der Waals surface area contributed by atoms with E-state index in [4.69, 9.17) is 24.3 Å². The van der Waals surface area contributed by atoms with E-state index in [0.717, 1.165) is 6.42 Å². The van der Waals surface area contributed by atoms with Crippen LogP contribution in [0.15, 0.2) is 0 Å². The number of carbonyl (C=O) groups excluding carboxylic acids is 1. The van der Waals surface area contributed by atoms with Gasteiger partial charge in [0.05, 0.1) is 0 Å².